The van der Waals surface area contributed by atoms with Crippen LogP contribution in [0, 0.1) is 11.3 Å². The van der Waals surface area contributed by atoms with Crippen LogP contribution in [0.3, 0.4) is 0 Å². The third-order valence-electron chi connectivity index (χ3n) is 4.35. The van der Waals surface area contributed by atoms with Crippen molar-refractivity contribution < 1.29 is 9.59 Å². The standard InChI is InChI=1S/C19H19N5O2/c1-14(25)23-6-8-24(9-7-23)18-10-16(12-21-13-18)19(26)22-17-4-2-15(11-20)3-5-17/h2-5,10,12-13H,6-9H2,1H3,(H,22,26). The Morgan fingerprint density at radius 3 is 2.42 bits per heavy atom. The molecule has 7 heteroatoms. The van der Waals surface area contributed by atoms with Crippen molar-refractivity contribution in [2.24, 2.45) is 0 Å². The minimum absolute atomic E-state index is 0.0818. The van der Waals surface area contributed by atoms with Crippen LogP contribution in [0.15, 0.2) is 42.7 Å². The van der Waals surface area contributed by atoms with E-state index in [0.717, 1.165) is 5.69 Å². The first-order valence-electron chi connectivity index (χ1n) is 8.34. The molecule has 0 aliphatic carbocycles. The van der Waals surface area contributed by atoms with Gasteiger partial charge in [-0.1, -0.05) is 0 Å². The topological polar surface area (TPSA) is 89.3 Å². The summed E-state index contributed by atoms with van der Waals surface area (Å²) in [6.07, 6.45) is 3.25. The molecule has 1 fully saturated rings. The van der Waals surface area contributed by atoms with Crippen LogP contribution >= 0.6 is 0 Å². The quantitative estimate of drug-likeness (QED) is 0.914. The van der Waals surface area contributed by atoms with Crippen LogP contribution in [0.4, 0.5) is 11.4 Å². The molecule has 3 rings (SSSR count). The fourth-order valence-corrected chi connectivity index (χ4v) is 2.84. The molecule has 2 heterocycles. The van der Waals surface area contributed by atoms with Gasteiger partial charge in [-0.15, -0.1) is 0 Å². The van der Waals surface area contributed by atoms with E-state index >= 15 is 0 Å². The molecule has 1 aromatic carbocycles. The van der Waals surface area contributed by atoms with Gasteiger partial charge in [-0.3, -0.25) is 14.6 Å². The largest absolute Gasteiger partial charge is 0.367 e. The second-order valence-corrected chi connectivity index (χ2v) is 6.07. The number of rotatable bonds is 3. The van der Waals surface area contributed by atoms with Gasteiger partial charge in [-0.2, -0.15) is 5.26 Å². The fourth-order valence-electron chi connectivity index (χ4n) is 2.84. The maximum Gasteiger partial charge on any atom is 0.257 e. The van der Waals surface area contributed by atoms with Gasteiger partial charge < -0.3 is 15.1 Å². The van der Waals surface area contributed by atoms with Gasteiger partial charge in [-0.25, -0.2) is 0 Å². The van der Waals surface area contributed by atoms with E-state index in [4.69, 9.17) is 5.26 Å². The molecule has 7 nitrogen and oxygen atoms in total. The number of nitrogens with zero attached hydrogens (tertiary/aromatic N) is 4. The Kier molecular flexibility index (Phi) is 5.13. The molecule has 0 bridgehead atoms. The summed E-state index contributed by atoms with van der Waals surface area (Å²) >= 11 is 0. The fraction of sp³-hybridized carbons (Fsp3) is 0.263. The molecular weight excluding hydrogens is 330 g/mol. The molecule has 0 radical (unpaired) electrons. The Bertz CT molecular complexity index is 849. The number of carbonyl (C=O) groups excluding carboxylic acids is 2. The normalized spacial score (nSPS) is 13.8. The number of nitrogens with one attached hydrogen (secondary N) is 1. The van der Waals surface area contributed by atoms with Crippen LogP contribution in [-0.2, 0) is 4.79 Å². The zero-order valence-electron chi connectivity index (χ0n) is 14.5. The number of benzene rings is 1. The molecule has 1 N–H and O–H groups in total. The molecule has 1 aliphatic heterocycles. The van der Waals surface area contributed by atoms with E-state index in [1.165, 1.54) is 6.20 Å². The van der Waals surface area contributed by atoms with Crippen molar-refractivity contribution in [2.45, 2.75) is 6.92 Å². The molecule has 1 saturated heterocycles. The van der Waals surface area contributed by atoms with Gasteiger partial charge in [0.2, 0.25) is 5.91 Å². The average molecular weight is 349 g/mol. The highest BCUT2D eigenvalue weighted by atomic mass is 16.2. The smallest absolute Gasteiger partial charge is 0.257 e. The second-order valence-electron chi connectivity index (χ2n) is 6.07. The second kappa shape index (κ2) is 7.66. The van der Waals surface area contributed by atoms with Gasteiger partial charge in [0.15, 0.2) is 0 Å². The van der Waals surface area contributed by atoms with Crippen LogP contribution < -0.4 is 10.2 Å². The van der Waals surface area contributed by atoms with E-state index in [-0.39, 0.29) is 11.8 Å². The summed E-state index contributed by atoms with van der Waals surface area (Å²) in [4.78, 5) is 32.0. The van der Waals surface area contributed by atoms with Gasteiger partial charge in [0.05, 0.1) is 29.1 Å². The Hall–Kier alpha value is -3.40. The van der Waals surface area contributed by atoms with Crippen LogP contribution in [0.2, 0.25) is 0 Å². The van der Waals surface area contributed by atoms with E-state index < -0.39 is 0 Å². The summed E-state index contributed by atoms with van der Waals surface area (Å²) in [5, 5.41) is 11.6. The van der Waals surface area contributed by atoms with Crippen molar-refractivity contribution in [2.75, 3.05) is 36.4 Å². The molecule has 0 atom stereocenters. The Balaban J connectivity index is 1.67. The summed E-state index contributed by atoms with van der Waals surface area (Å²) < 4.78 is 0. The Morgan fingerprint density at radius 1 is 1.12 bits per heavy atom. The third-order valence-corrected chi connectivity index (χ3v) is 4.35. The van der Waals surface area contributed by atoms with E-state index in [1.807, 2.05) is 11.0 Å². The lowest BCUT2D eigenvalue weighted by atomic mass is 10.2. The number of anilines is 2. The molecule has 2 aromatic rings. The van der Waals surface area contributed by atoms with Crippen LogP contribution in [0.25, 0.3) is 0 Å². The SMILES string of the molecule is CC(=O)N1CCN(c2cncc(C(=O)Nc3ccc(C#N)cc3)c2)CC1. The first-order chi connectivity index (χ1) is 12.6. The Labute approximate surface area is 151 Å². The monoisotopic (exact) mass is 349 g/mol. The number of nitriles is 1. The van der Waals surface area contributed by atoms with Crippen molar-refractivity contribution in [1.82, 2.24) is 9.88 Å². The van der Waals surface area contributed by atoms with Gasteiger partial charge in [-0.05, 0) is 30.3 Å². The maximum absolute atomic E-state index is 12.5. The molecule has 1 aromatic heterocycles. The van der Waals surface area contributed by atoms with Crippen LogP contribution in [0.1, 0.15) is 22.8 Å². The number of hydrogen-bond donors (Lipinski definition) is 1. The Morgan fingerprint density at radius 2 is 1.81 bits per heavy atom. The lowest BCUT2D eigenvalue weighted by molar-refractivity contribution is -0.129. The van der Waals surface area contributed by atoms with Gasteiger partial charge >= 0.3 is 0 Å². The van der Waals surface area contributed by atoms with E-state index in [1.54, 1.807) is 43.5 Å². The molecule has 0 saturated carbocycles. The maximum atomic E-state index is 12.5. The number of amides is 2. The van der Waals surface area contributed by atoms with E-state index in [9.17, 15) is 9.59 Å². The average Bonchev–Trinajstić information content (AvgIpc) is 2.68. The number of pyridine rings is 1. The first-order valence-corrected chi connectivity index (χ1v) is 8.34. The molecule has 26 heavy (non-hydrogen) atoms. The van der Waals surface area contributed by atoms with Crippen molar-refractivity contribution in [3.63, 3.8) is 0 Å². The molecule has 1 aliphatic rings. The molecule has 132 valence electrons. The highest BCUT2D eigenvalue weighted by molar-refractivity contribution is 6.04. The molecule has 0 unspecified atom stereocenters. The number of piperazine rings is 1. The van der Waals surface area contributed by atoms with Crippen LogP contribution in [-0.4, -0.2) is 47.9 Å². The van der Waals surface area contributed by atoms with Crippen molar-refractivity contribution >= 4 is 23.2 Å². The molecule has 0 spiro atoms. The lowest BCUT2D eigenvalue weighted by Crippen LogP contribution is -2.48. The highest BCUT2D eigenvalue weighted by Crippen LogP contribution is 2.18. The summed E-state index contributed by atoms with van der Waals surface area (Å²) in [6, 6.07) is 10.5. The predicted octanol–water partition coefficient (Wildman–Crippen LogP) is 1.87. The number of hydrogen-bond acceptors (Lipinski definition) is 5. The molecule has 2 amide bonds. The highest BCUT2D eigenvalue weighted by Gasteiger charge is 2.19. The van der Waals surface area contributed by atoms with Crippen molar-refractivity contribution in [3.05, 3.63) is 53.9 Å². The van der Waals surface area contributed by atoms with Crippen molar-refractivity contribution in [1.29, 1.82) is 5.26 Å². The number of aromatic nitrogens is 1. The minimum Gasteiger partial charge on any atom is -0.367 e. The van der Waals surface area contributed by atoms with E-state index in [2.05, 4.69) is 15.2 Å². The third kappa shape index (κ3) is 3.98. The zero-order valence-corrected chi connectivity index (χ0v) is 14.5. The zero-order chi connectivity index (χ0) is 18.5. The summed E-state index contributed by atoms with van der Waals surface area (Å²) in [6.45, 7) is 4.32. The minimum atomic E-state index is -0.258. The van der Waals surface area contributed by atoms with Crippen LogP contribution in [0.5, 0.6) is 0 Å². The summed E-state index contributed by atoms with van der Waals surface area (Å²) in [5.41, 5.74) is 2.48. The predicted molar refractivity (Wildman–Crippen MR) is 97.8 cm³/mol. The van der Waals surface area contributed by atoms with Gasteiger partial charge in [0, 0.05) is 45.0 Å². The van der Waals surface area contributed by atoms with E-state index in [0.29, 0.717) is 43.0 Å². The first kappa shape index (κ1) is 17.4. The molecular formula is C19H19N5O2. The van der Waals surface area contributed by atoms with Gasteiger partial charge in [0.25, 0.3) is 5.91 Å². The summed E-state index contributed by atoms with van der Waals surface area (Å²) in [7, 11) is 0. The number of carbonyl (C=O) groups is 2. The summed E-state index contributed by atoms with van der Waals surface area (Å²) in [5.74, 6) is -0.176. The lowest BCUT2D eigenvalue weighted by Gasteiger charge is -2.35. The van der Waals surface area contributed by atoms with Gasteiger partial charge in [0.1, 0.15) is 0 Å². The van der Waals surface area contributed by atoms with Crippen molar-refractivity contribution in [3.8, 4) is 6.07 Å².